The highest BCUT2D eigenvalue weighted by atomic mass is 16.5. The number of rotatable bonds is 4. The Morgan fingerprint density at radius 1 is 1.24 bits per heavy atom. The van der Waals surface area contributed by atoms with Crippen LogP contribution in [0.15, 0.2) is 18.2 Å². The molecule has 0 bridgehead atoms. The van der Waals surface area contributed by atoms with Gasteiger partial charge in [-0.15, -0.1) is 0 Å². The molecule has 0 heterocycles. The molecule has 25 heavy (non-hydrogen) atoms. The van der Waals surface area contributed by atoms with E-state index in [0.29, 0.717) is 11.3 Å². The van der Waals surface area contributed by atoms with Crippen LogP contribution in [0.4, 0.5) is 0 Å². The zero-order chi connectivity index (χ0) is 17.6. The van der Waals surface area contributed by atoms with Crippen LogP contribution in [0.1, 0.15) is 62.5 Å². The van der Waals surface area contributed by atoms with Crippen LogP contribution < -0.4 is 16.2 Å². The number of hydrogen-bond donors (Lipinski definition) is 2. The molecule has 2 saturated carbocycles. The zero-order valence-electron chi connectivity index (χ0n) is 15.8. The molecule has 3 nitrogen and oxygen atoms in total. The fourth-order valence-electron chi connectivity index (χ4n) is 6.82. The number of ether oxygens (including phenoxy) is 1. The van der Waals surface area contributed by atoms with Gasteiger partial charge in [0.15, 0.2) is 0 Å². The molecule has 1 aromatic rings. The first-order valence-corrected chi connectivity index (χ1v) is 10.2. The lowest BCUT2D eigenvalue weighted by molar-refractivity contribution is 0.0199. The van der Waals surface area contributed by atoms with E-state index in [4.69, 9.17) is 16.2 Å². The highest BCUT2D eigenvalue weighted by Gasteiger charge is 2.55. The molecule has 3 aliphatic rings. The number of fused-ring (bicyclic) bond motifs is 5. The SMILES string of the molecule is COc1ccc2c(c1)CCC1C2CC[C@]2(C)C(C(N)CCN)CCC12. The van der Waals surface area contributed by atoms with E-state index in [1.165, 1.54) is 44.1 Å². The Kier molecular flexibility index (Phi) is 4.57. The monoisotopic (exact) mass is 342 g/mol. The van der Waals surface area contributed by atoms with Crippen molar-refractivity contribution < 1.29 is 4.74 Å². The van der Waals surface area contributed by atoms with Crippen LogP contribution in [0.2, 0.25) is 0 Å². The van der Waals surface area contributed by atoms with E-state index in [-0.39, 0.29) is 6.04 Å². The zero-order valence-corrected chi connectivity index (χ0v) is 15.8. The predicted octanol–water partition coefficient (Wildman–Crippen LogP) is 3.84. The van der Waals surface area contributed by atoms with E-state index in [1.807, 2.05) is 0 Å². The summed E-state index contributed by atoms with van der Waals surface area (Å²) >= 11 is 0. The van der Waals surface area contributed by atoms with E-state index in [0.717, 1.165) is 36.5 Å². The van der Waals surface area contributed by atoms with Gasteiger partial charge in [-0.1, -0.05) is 13.0 Å². The Balaban J connectivity index is 1.60. The van der Waals surface area contributed by atoms with Crippen molar-refractivity contribution in [3.05, 3.63) is 29.3 Å². The Labute approximate surface area is 152 Å². The van der Waals surface area contributed by atoms with Crippen molar-refractivity contribution >= 4 is 0 Å². The van der Waals surface area contributed by atoms with Gasteiger partial charge < -0.3 is 16.2 Å². The summed E-state index contributed by atoms with van der Waals surface area (Å²) in [4.78, 5) is 0. The largest absolute Gasteiger partial charge is 0.497 e. The fraction of sp³-hybridized carbons (Fsp3) is 0.727. The van der Waals surface area contributed by atoms with Gasteiger partial charge in [-0.3, -0.25) is 0 Å². The molecule has 4 N–H and O–H groups in total. The highest BCUT2D eigenvalue weighted by molar-refractivity contribution is 5.40. The molecule has 138 valence electrons. The summed E-state index contributed by atoms with van der Waals surface area (Å²) < 4.78 is 5.44. The van der Waals surface area contributed by atoms with Gasteiger partial charge in [0.25, 0.3) is 0 Å². The maximum atomic E-state index is 6.56. The third-order valence-corrected chi connectivity index (χ3v) is 8.02. The number of aryl methyl sites for hydroxylation is 1. The molecular weight excluding hydrogens is 308 g/mol. The Bertz CT molecular complexity index is 630. The first-order valence-electron chi connectivity index (χ1n) is 10.2. The van der Waals surface area contributed by atoms with Crippen molar-refractivity contribution in [3.63, 3.8) is 0 Å². The topological polar surface area (TPSA) is 61.3 Å². The fourth-order valence-corrected chi connectivity index (χ4v) is 6.82. The van der Waals surface area contributed by atoms with E-state index < -0.39 is 0 Å². The summed E-state index contributed by atoms with van der Waals surface area (Å²) in [7, 11) is 1.77. The second-order valence-electron chi connectivity index (χ2n) is 8.95. The van der Waals surface area contributed by atoms with E-state index in [9.17, 15) is 0 Å². The lowest BCUT2D eigenvalue weighted by Crippen LogP contribution is -2.47. The Morgan fingerprint density at radius 2 is 2.08 bits per heavy atom. The number of methoxy groups -OCH3 is 1. The van der Waals surface area contributed by atoms with Gasteiger partial charge in [-0.25, -0.2) is 0 Å². The third kappa shape index (κ3) is 2.71. The van der Waals surface area contributed by atoms with Gasteiger partial charge in [-0.05, 0) is 104 Å². The second kappa shape index (κ2) is 6.59. The third-order valence-electron chi connectivity index (χ3n) is 8.02. The van der Waals surface area contributed by atoms with Crippen molar-refractivity contribution in [2.75, 3.05) is 13.7 Å². The van der Waals surface area contributed by atoms with E-state index in [1.54, 1.807) is 12.7 Å². The molecule has 1 aromatic carbocycles. The summed E-state index contributed by atoms with van der Waals surface area (Å²) in [5, 5.41) is 0. The van der Waals surface area contributed by atoms with Gasteiger partial charge in [0.05, 0.1) is 7.11 Å². The van der Waals surface area contributed by atoms with Crippen LogP contribution in [-0.2, 0) is 6.42 Å². The number of hydrogen-bond acceptors (Lipinski definition) is 3. The van der Waals surface area contributed by atoms with Gasteiger partial charge in [0, 0.05) is 6.04 Å². The summed E-state index contributed by atoms with van der Waals surface area (Å²) in [6, 6.07) is 7.06. The minimum atomic E-state index is 0.289. The Morgan fingerprint density at radius 3 is 2.84 bits per heavy atom. The number of nitrogens with two attached hydrogens (primary N) is 2. The predicted molar refractivity (Wildman–Crippen MR) is 103 cm³/mol. The molecule has 3 aliphatic carbocycles. The van der Waals surface area contributed by atoms with Crippen LogP contribution in [-0.4, -0.2) is 19.7 Å². The summed E-state index contributed by atoms with van der Waals surface area (Å²) in [6.45, 7) is 3.27. The van der Waals surface area contributed by atoms with Gasteiger partial charge in [-0.2, -0.15) is 0 Å². The highest BCUT2D eigenvalue weighted by Crippen LogP contribution is 2.63. The van der Waals surface area contributed by atoms with Crippen molar-refractivity contribution in [2.24, 2.45) is 34.6 Å². The van der Waals surface area contributed by atoms with Crippen molar-refractivity contribution in [3.8, 4) is 5.75 Å². The van der Waals surface area contributed by atoms with Crippen LogP contribution in [0.5, 0.6) is 5.75 Å². The van der Waals surface area contributed by atoms with Crippen LogP contribution in [0.3, 0.4) is 0 Å². The van der Waals surface area contributed by atoms with Gasteiger partial charge in [0.1, 0.15) is 5.75 Å². The lowest BCUT2D eigenvalue weighted by Gasteiger charge is -2.52. The quantitative estimate of drug-likeness (QED) is 0.874. The van der Waals surface area contributed by atoms with Crippen molar-refractivity contribution in [1.82, 2.24) is 0 Å². The average Bonchev–Trinajstić information content (AvgIpc) is 2.98. The van der Waals surface area contributed by atoms with E-state index >= 15 is 0 Å². The molecule has 3 heteroatoms. The van der Waals surface area contributed by atoms with E-state index in [2.05, 4.69) is 25.1 Å². The summed E-state index contributed by atoms with van der Waals surface area (Å²) in [6.07, 6.45) is 8.84. The second-order valence-corrected chi connectivity index (χ2v) is 8.95. The molecule has 0 spiro atoms. The molecule has 2 fully saturated rings. The van der Waals surface area contributed by atoms with Crippen molar-refractivity contribution in [1.29, 1.82) is 0 Å². The van der Waals surface area contributed by atoms with Crippen LogP contribution >= 0.6 is 0 Å². The molecular formula is C22H34N2O. The maximum absolute atomic E-state index is 6.56. The molecule has 0 radical (unpaired) electrons. The normalized spacial score (nSPS) is 37.8. The molecule has 0 aliphatic heterocycles. The summed E-state index contributed by atoms with van der Waals surface area (Å²) in [5.74, 6) is 4.10. The van der Waals surface area contributed by atoms with Crippen molar-refractivity contribution in [2.45, 2.75) is 63.8 Å². The minimum absolute atomic E-state index is 0.289. The molecule has 5 unspecified atom stereocenters. The molecule has 0 saturated heterocycles. The van der Waals surface area contributed by atoms with Gasteiger partial charge in [0.2, 0.25) is 0 Å². The smallest absolute Gasteiger partial charge is 0.119 e. The standard InChI is InChI=1S/C22H34N2O/c1-22-11-9-17-16-6-4-15(25-2)13-14(16)3-5-18(17)19(22)7-8-20(22)21(24)10-12-23/h4,6,13,17-21H,3,5,7-12,23-24H2,1-2H3/t17?,18?,19?,20?,21?,22-/m0/s1. The van der Waals surface area contributed by atoms with Crippen LogP contribution in [0.25, 0.3) is 0 Å². The summed E-state index contributed by atoms with van der Waals surface area (Å²) in [5.41, 5.74) is 15.9. The molecule has 6 atom stereocenters. The van der Waals surface area contributed by atoms with Crippen LogP contribution in [0, 0.1) is 23.2 Å². The number of benzene rings is 1. The lowest BCUT2D eigenvalue weighted by atomic mass is 9.53. The first kappa shape index (κ1) is 17.4. The molecule has 4 rings (SSSR count). The van der Waals surface area contributed by atoms with Gasteiger partial charge >= 0.3 is 0 Å². The minimum Gasteiger partial charge on any atom is -0.497 e. The average molecular weight is 343 g/mol. The molecule has 0 amide bonds. The first-order chi connectivity index (χ1) is 12.1. The molecule has 0 aromatic heterocycles. The maximum Gasteiger partial charge on any atom is 0.119 e. The Hall–Kier alpha value is -1.06.